The number of aliphatic carboxylic acids is 1. The lowest BCUT2D eigenvalue weighted by Gasteiger charge is -2.19. The van der Waals surface area contributed by atoms with E-state index in [2.05, 4.69) is 0 Å². The number of carboxylic acids is 1. The van der Waals surface area contributed by atoms with Crippen LogP contribution < -0.4 is 0 Å². The first-order chi connectivity index (χ1) is 9.79. The van der Waals surface area contributed by atoms with Crippen LogP contribution in [-0.4, -0.2) is 11.1 Å². The molecule has 1 N–H and O–H groups in total. The Hall–Kier alpha value is -1.87. The van der Waals surface area contributed by atoms with Gasteiger partial charge < -0.3 is 5.11 Å². The normalized spacial score (nSPS) is 11.4. The summed E-state index contributed by atoms with van der Waals surface area (Å²) in [6.07, 6.45) is 0.451. The Labute approximate surface area is 128 Å². The maximum atomic E-state index is 13.2. The molecule has 110 valence electrons. The van der Waals surface area contributed by atoms with Crippen molar-refractivity contribution in [2.24, 2.45) is 5.41 Å². The minimum atomic E-state index is -0.822. The molecule has 0 atom stereocenters. The van der Waals surface area contributed by atoms with Gasteiger partial charge in [0.15, 0.2) is 0 Å². The van der Waals surface area contributed by atoms with E-state index in [4.69, 9.17) is 16.7 Å². The predicted molar refractivity (Wildman–Crippen MR) is 82.0 cm³/mol. The quantitative estimate of drug-likeness (QED) is 0.881. The van der Waals surface area contributed by atoms with Gasteiger partial charge in [-0.25, -0.2) is 4.39 Å². The molecule has 2 nitrogen and oxygen atoms in total. The molecule has 2 rings (SSSR count). The summed E-state index contributed by atoms with van der Waals surface area (Å²) >= 11 is 5.78. The van der Waals surface area contributed by atoms with Gasteiger partial charge in [-0.1, -0.05) is 41.9 Å². The van der Waals surface area contributed by atoms with Crippen LogP contribution in [0.25, 0.3) is 11.1 Å². The molecule has 0 amide bonds. The van der Waals surface area contributed by atoms with Gasteiger partial charge in [-0.15, -0.1) is 0 Å². The molecular weight excluding hydrogens is 291 g/mol. The van der Waals surface area contributed by atoms with Crippen molar-refractivity contribution in [3.05, 3.63) is 58.9 Å². The molecule has 0 aromatic heterocycles. The number of halogens is 2. The Morgan fingerprint density at radius 1 is 1.14 bits per heavy atom. The van der Waals surface area contributed by atoms with E-state index in [-0.39, 0.29) is 5.02 Å². The lowest BCUT2D eigenvalue weighted by molar-refractivity contribution is -0.146. The summed E-state index contributed by atoms with van der Waals surface area (Å²) in [6.45, 7) is 3.39. The molecule has 2 aromatic carbocycles. The van der Waals surface area contributed by atoms with Gasteiger partial charge in [0.25, 0.3) is 0 Å². The average molecular weight is 307 g/mol. The average Bonchev–Trinajstić information content (AvgIpc) is 2.42. The number of carbonyl (C=O) groups is 1. The number of hydrogen-bond donors (Lipinski definition) is 1. The van der Waals surface area contributed by atoms with Crippen LogP contribution in [0.4, 0.5) is 4.39 Å². The Morgan fingerprint density at radius 3 is 2.24 bits per heavy atom. The predicted octanol–water partition coefficient (Wildman–Crippen LogP) is 4.80. The zero-order valence-corrected chi connectivity index (χ0v) is 12.6. The SMILES string of the molecule is CC(C)(Cc1ccc(-c2ccc(F)c(Cl)c2)cc1)C(=O)O. The van der Waals surface area contributed by atoms with Crippen molar-refractivity contribution in [1.29, 1.82) is 0 Å². The first-order valence-corrected chi connectivity index (χ1v) is 6.95. The van der Waals surface area contributed by atoms with Gasteiger partial charge in [-0.3, -0.25) is 4.79 Å². The fourth-order valence-electron chi connectivity index (χ4n) is 2.08. The first kappa shape index (κ1) is 15.5. The van der Waals surface area contributed by atoms with Crippen molar-refractivity contribution in [3.8, 4) is 11.1 Å². The first-order valence-electron chi connectivity index (χ1n) is 6.57. The van der Waals surface area contributed by atoms with E-state index in [1.807, 2.05) is 24.3 Å². The third-order valence-corrected chi connectivity index (χ3v) is 3.72. The minimum Gasteiger partial charge on any atom is -0.481 e. The van der Waals surface area contributed by atoms with Crippen molar-refractivity contribution < 1.29 is 14.3 Å². The Morgan fingerprint density at radius 2 is 1.71 bits per heavy atom. The standard InChI is InChI=1S/C17H16ClFO2/c1-17(2,16(20)21)10-11-3-5-12(6-4-11)13-7-8-15(19)14(18)9-13/h3-9H,10H2,1-2H3,(H,20,21). The summed E-state index contributed by atoms with van der Waals surface area (Å²) < 4.78 is 13.2. The summed E-state index contributed by atoms with van der Waals surface area (Å²) in [6, 6.07) is 12.1. The molecular formula is C17H16ClFO2. The van der Waals surface area contributed by atoms with Crippen molar-refractivity contribution in [2.75, 3.05) is 0 Å². The van der Waals surface area contributed by atoms with E-state index in [9.17, 15) is 9.18 Å². The van der Waals surface area contributed by atoms with Gasteiger partial charge >= 0.3 is 5.97 Å². The highest BCUT2D eigenvalue weighted by Crippen LogP contribution is 2.27. The fraction of sp³-hybridized carbons (Fsp3) is 0.235. The number of carboxylic acid groups (broad SMARTS) is 1. The molecule has 0 aliphatic heterocycles. The van der Waals surface area contributed by atoms with E-state index in [0.717, 1.165) is 16.7 Å². The minimum absolute atomic E-state index is 0.0867. The topological polar surface area (TPSA) is 37.3 Å². The van der Waals surface area contributed by atoms with Crippen LogP contribution in [-0.2, 0) is 11.2 Å². The van der Waals surface area contributed by atoms with Crippen LogP contribution in [0.1, 0.15) is 19.4 Å². The van der Waals surface area contributed by atoms with Gasteiger partial charge in [-0.2, -0.15) is 0 Å². The third kappa shape index (κ3) is 3.61. The summed E-state index contributed by atoms with van der Waals surface area (Å²) in [5.41, 5.74) is 1.87. The van der Waals surface area contributed by atoms with Crippen LogP contribution in [0.3, 0.4) is 0 Å². The van der Waals surface area contributed by atoms with Crippen LogP contribution >= 0.6 is 11.6 Å². The molecule has 0 aliphatic rings. The lowest BCUT2D eigenvalue weighted by atomic mass is 9.85. The van der Waals surface area contributed by atoms with Gasteiger partial charge in [0.1, 0.15) is 5.82 Å². The molecule has 0 saturated carbocycles. The van der Waals surface area contributed by atoms with Gasteiger partial charge in [0, 0.05) is 0 Å². The number of benzene rings is 2. The molecule has 0 spiro atoms. The van der Waals surface area contributed by atoms with Crippen molar-refractivity contribution in [2.45, 2.75) is 20.3 Å². The number of hydrogen-bond acceptors (Lipinski definition) is 1. The molecule has 21 heavy (non-hydrogen) atoms. The molecule has 0 bridgehead atoms. The van der Waals surface area contributed by atoms with E-state index >= 15 is 0 Å². The molecule has 2 aromatic rings. The van der Waals surface area contributed by atoms with Crippen molar-refractivity contribution in [3.63, 3.8) is 0 Å². The second kappa shape index (κ2) is 5.86. The second-order valence-electron chi connectivity index (χ2n) is 5.69. The highest BCUT2D eigenvalue weighted by Gasteiger charge is 2.27. The van der Waals surface area contributed by atoms with Gasteiger partial charge in [0.05, 0.1) is 10.4 Å². The molecule has 0 saturated heterocycles. The van der Waals surface area contributed by atoms with E-state index in [1.165, 1.54) is 6.07 Å². The highest BCUT2D eigenvalue weighted by molar-refractivity contribution is 6.31. The summed E-state index contributed by atoms with van der Waals surface area (Å²) in [5.74, 6) is -1.27. The van der Waals surface area contributed by atoms with E-state index < -0.39 is 17.2 Å². The maximum Gasteiger partial charge on any atom is 0.309 e. The summed E-state index contributed by atoms with van der Waals surface area (Å²) in [5, 5.41) is 9.23. The van der Waals surface area contributed by atoms with Gasteiger partial charge in [0.2, 0.25) is 0 Å². The van der Waals surface area contributed by atoms with Crippen LogP contribution in [0.5, 0.6) is 0 Å². The Balaban J connectivity index is 2.23. The molecule has 0 unspecified atom stereocenters. The maximum absolute atomic E-state index is 13.2. The zero-order chi connectivity index (χ0) is 15.6. The fourth-order valence-corrected chi connectivity index (χ4v) is 2.26. The highest BCUT2D eigenvalue weighted by atomic mass is 35.5. The number of rotatable bonds is 4. The lowest BCUT2D eigenvalue weighted by Crippen LogP contribution is -2.26. The molecule has 0 heterocycles. The summed E-state index contributed by atoms with van der Waals surface area (Å²) in [4.78, 5) is 11.1. The smallest absolute Gasteiger partial charge is 0.309 e. The van der Waals surface area contributed by atoms with Crippen LogP contribution in [0, 0.1) is 11.2 Å². The monoisotopic (exact) mass is 306 g/mol. The second-order valence-corrected chi connectivity index (χ2v) is 6.10. The third-order valence-electron chi connectivity index (χ3n) is 3.43. The summed E-state index contributed by atoms with van der Waals surface area (Å²) in [7, 11) is 0. The molecule has 4 heteroatoms. The Bertz CT molecular complexity index is 663. The van der Waals surface area contributed by atoms with Crippen LogP contribution in [0.2, 0.25) is 5.02 Å². The molecule has 0 aliphatic carbocycles. The molecule has 0 fully saturated rings. The van der Waals surface area contributed by atoms with Gasteiger partial charge in [-0.05, 0) is 49.1 Å². The Kier molecular flexibility index (Phi) is 4.33. The van der Waals surface area contributed by atoms with Crippen molar-refractivity contribution in [1.82, 2.24) is 0 Å². The van der Waals surface area contributed by atoms with Crippen molar-refractivity contribution >= 4 is 17.6 Å². The van der Waals surface area contributed by atoms with E-state index in [1.54, 1.807) is 26.0 Å². The largest absolute Gasteiger partial charge is 0.481 e. The zero-order valence-electron chi connectivity index (χ0n) is 11.9. The van der Waals surface area contributed by atoms with E-state index in [0.29, 0.717) is 6.42 Å². The van der Waals surface area contributed by atoms with Crippen LogP contribution in [0.15, 0.2) is 42.5 Å². The molecule has 0 radical (unpaired) electrons.